The number of hydrogen-bond donors (Lipinski definition) is 2. The van der Waals surface area contributed by atoms with Crippen LogP contribution in [0.5, 0.6) is 34.5 Å². The summed E-state index contributed by atoms with van der Waals surface area (Å²) in [6.07, 6.45) is 5.85. The number of nitrogens with zero attached hydrogens (tertiary/aromatic N) is 2. The van der Waals surface area contributed by atoms with Crippen molar-refractivity contribution < 1.29 is 54.8 Å². The van der Waals surface area contributed by atoms with Crippen molar-refractivity contribution in [3.8, 4) is 34.5 Å². The van der Waals surface area contributed by atoms with E-state index in [2.05, 4.69) is 46.5 Å². The molecule has 0 unspecified atom stereocenters. The van der Waals surface area contributed by atoms with Gasteiger partial charge in [0.05, 0.1) is 49.9 Å². The number of nitrogens with one attached hydrogen (secondary N) is 1. The summed E-state index contributed by atoms with van der Waals surface area (Å²) in [5, 5.41) is 0.795. The molecule has 6 rings (SSSR count). The monoisotopic (exact) mass is 1130 g/mol. The standard InChI is InChI=1S/C21H18BrClN2O6S.C14H13ClN2O3.C7H6BrClO3S.CH4/c1-3-30-21(26)17-10-15(5-7-18(17)31-16-9-14(23)11-24-12-16)25-32(27,28)20-8-13(22)4-6-19(20)29-2;1-2-19-14(18)12-6-10(16)3-4-13(12)20-11-5-9(15)7-17-8-11;1-12-6-3-2-5(8)4-7(6)13(9,10)11;/h4-12,25H,3H2,1-2H3;3-8H,2,16H2,1H3;2-4H,1H3;1H4. The molecule has 66 heavy (non-hydrogen) atoms. The predicted molar refractivity (Wildman–Crippen MR) is 260 cm³/mol. The van der Waals surface area contributed by atoms with Gasteiger partial charge >= 0.3 is 11.9 Å². The molecule has 352 valence electrons. The van der Waals surface area contributed by atoms with E-state index >= 15 is 0 Å². The Bertz CT molecular complexity index is 2880. The van der Waals surface area contributed by atoms with E-state index in [1.807, 2.05) is 0 Å². The fourth-order valence-electron chi connectivity index (χ4n) is 5.12. The average molecular weight is 1140 g/mol. The Kier molecular flexibility index (Phi) is 21.3. The van der Waals surface area contributed by atoms with Crippen molar-refractivity contribution in [3.63, 3.8) is 0 Å². The number of carbonyl (C=O) groups excluding carboxylic acids is 2. The minimum absolute atomic E-state index is 0. The first kappa shape index (κ1) is 55.0. The van der Waals surface area contributed by atoms with Crippen molar-refractivity contribution in [1.29, 1.82) is 0 Å². The average Bonchev–Trinajstić information content (AvgIpc) is 3.25. The number of benzene rings is 4. The number of rotatable bonds is 14. The van der Waals surface area contributed by atoms with Crippen LogP contribution in [-0.2, 0) is 28.5 Å². The Morgan fingerprint density at radius 2 is 1.08 bits per heavy atom. The van der Waals surface area contributed by atoms with Crippen LogP contribution >= 0.6 is 65.7 Å². The van der Waals surface area contributed by atoms with Crippen molar-refractivity contribution in [2.45, 2.75) is 31.1 Å². The van der Waals surface area contributed by atoms with E-state index in [0.717, 1.165) is 0 Å². The van der Waals surface area contributed by atoms with Crippen LogP contribution in [0.3, 0.4) is 0 Å². The van der Waals surface area contributed by atoms with Gasteiger partial charge in [0.2, 0.25) is 0 Å². The third-order valence-electron chi connectivity index (χ3n) is 7.84. The van der Waals surface area contributed by atoms with Crippen molar-refractivity contribution in [3.05, 3.63) is 140 Å². The molecule has 0 atom stereocenters. The molecule has 4 aromatic carbocycles. The number of hydrogen-bond acceptors (Lipinski definition) is 15. The van der Waals surface area contributed by atoms with Crippen LogP contribution in [0.15, 0.2) is 128 Å². The highest BCUT2D eigenvalue weighted by molar-refractivity contribution is 9.10. The molecule has 0 aliphatic heterocycles. The van der Waals surface area contributed by atoms with Crippen LogP contribution in [-0.4, -0.2) is 66.2 Å². The zero-order valence-corrected chi connectivity index (χ0v) is 41.5. The Morgan fingerprint density at radius 3 is 1.53 bits per heavy atom. The molecular formula is C43H41Br2Cl3N4O12S2. The second kappa shape index (κ2) is 25.5. The van der Waals surface area contributed by atoms with Crippen molar-refractivity contribution in [2.24, 2.45) is 0 Å². The molecule has 3 N–H and O–H groups in total. The van der Waals surface area contributed by atoms with E-state index in [4.69, 9.17) is 68.0 Å². The normalized spacial score (nSPS) is 10.6. The second-order valence-electron chi connectivity index (χ2n) is 12.4. The number of ether oxygens (including phenoxy) is 6. The van der Waals surface area contributed by atoms with E-state index in [-0.39, 0.29) is 64.5 Å². The second-order valence-corrected chi connectivity index (χ2v) is 19.3. The first-order chi connectivity index (χ1) is 30.8. The Hall–Kier alpha value is -5.35. The maximum absolute atomic E-state index is 13.0. The van der Waals surface area contributed by atoms with E-state index in [1.165, 1.54) is 93.6 Å². The van der Waals surface area contributed by atoms with Crippen LogP contribution in [0.1, 0.15) is 42.0 Å². The van der Waals surface area contributed by atoms with Gasteiger partial charge in [-0.25, -0.2) is 26.4 Å². The Balaban J connectivity index is 0.000000289. The smallest absolute Gasteiger partial charge is 0.342 e. The lowest BCUT2D eigenvalue weighted by atomic mass is 10.2. The molecule has 0 saturated carbocycles. The van der Waals surface area contributed by atoms with Crippen molar-refractivity contribution in [2.75, 3.05) is 37.9 Å². The number of halogens is 5. The van der Waals surface area contributed by atoms with Gasteiger partial charge in [-0.3, -0.25) is 14.7 Å². The molecule has 0 amide bonds. The third kappa shape index (κ3) is 16.2. The molecule has 0 spiro atoms. The topological polar surface area (TPSA) is 222 Å². The van der Waals surface area contributed by atoms with Gasteiger partial charge < -0.3 is 34.2 Å². The lowest BCUT2D eigenvalue weighted by Gasteiger charge is -2.15. The SMILES string of the molecule is C.CCOC(=O)c1cc(N)ccc1Oc1cncc(Cl)c1.CCOC(=O)c1cc(NS(=O)(=O)c2cc(Br)ccc2OC)ccc1Oc1cncc(Cl)c1.COc1ccc(Br)cc1S(=O)(=O)Cl. The molecule has 2 aromatic heterocycles. The maximum atomic E-state index is 13.0. The fraction of sp³-hybridized carbons (Fsp3) is 0.163. The summed E-state index contributed by atoms with van der Waals surface area (Å²) in [6, 6.07) is 21.3. The molecule has 23 heteroatoms. The summed E-state index contributed by atoms with van der Waals surface area (Å²) < 4.78 is 83.0. The van der Waals surface area contributed by atoms with E-state index in [9.17, 15) is 26.4 Å². The third-order valence-corrected chi connectivity index (χ3v) is 12.0. The van der Waals surface area contributed by atoms with Gasteiger partial charge in [-0.2, -0.15) is 0 Å². The van der Waals surface area contributed by atoms with Gasteiger partial charge in [0.15, 0.2) is 0 Å². The molecular weight excluding hydrogens is 1090 g/mol. The van der Waals surface area contributed by atoms with Crippen LogP contribution in [0.25, 0.3) is 0 Å². The quantitative estimate of drug-likeness (QED) is 0.0588. The first-order valence-corrected chi connectivity index (χ1v) is 24.5. The van der Waals surface area contributed by atoms with Gasteiger partial charge in [-0.15, -0.1) is 0 Å². The zero-order chi connectivity index (χ0) is 47.9. The minimum Gasteiger partial charge on any atom is -0.495 e. The number of pyridine rings is 2. The van der Waals surface area contributed by atoms with Gasteiger partial charge in [0, 0.05) is 55.5 Å². The number of anilines is 2. The summed E-state index contributed by atoms with van der Waals surface area (Å²) in [6.45, 7) is 3.78. The summed E-state index contributed by atoms with van der Waals surface area (Å²) in [5.41, 5.74) is 6.54. The highest BCUT2D eigenvalue weighted by Crippen LogP contribution is 2.34. The molecule has 6 aromatic rings. The molecule has 0 bridgehead atoms. The largest absolute Gasteiger partial charge is 0.495 e. The number of carbonyl (C=O) groups is 2. The molecule has 16 nitrogen and oxygen atoms in total. The van der Waals surface area contributed by atoms with Gasteiger partial charge in [-0.1, -0.05) is 62.5 Å². The van der Waals surface area contributed by atoms with Gasteiger partial charge in [0.1, 0.15) is 55.4 Å². The highest BCUT2D eigenvalue weighted by atomic mass is 79.9. The summed E-state index contributed by atoms with van der Waals surface area (Å²) in [5.74, 6) is 0.432. The molecule has 0 aliphatic rings. The summed E-state index contributed by atoms with van der Waals surface area (Å²) in [4.78, 5) is 32.1. The summed E-state index contributed by atoms with van der Waals surface area (Å²) in [7, 11) is 0.156. The number of methoxy groups -OCH3 is 2. The Labute approximate surface area is 413 Å². The molecule has 0 radical (unpaired) electrons. The van der Waals surface area contributed by atoms with Crippen LogP contribution in [0.2, 0.25) is 10.0 Å². The lowest BCUT2D eigenvalue weighted by Crippen LogP contribution is -2.15. The first-order valence-electron chi connectivity index (χ1n) is 18.4. The summed E-state index contributed by atoms with van der Waals surface area (Å²) >= 11 is 18.2. The van der Waals surface area contributed by atoms with Gasteiger partial charge in [-0.05, 0) is 86.6 Å². The predicted octanol–water partition coefficient (Wildman–Crippen LogP) is 11.6. The highest BCUT2D eigenvalue weighted by Gasteiger charge is 2.23. The molecule has 0 aliphatic carbocycles. The fourth-order valence-corrected chi connectivity index (χ4v) is 8.74. The van der Waals surface area contributed by atoms with E-state index < -0.39 is 31.0 Å². The molecule has 2 heterocycles. The van der Waals surface area contributed by atoms with Crippen molar-refractivity contribution >= 4 is 108 Å². The molecule has 0 fully saturated rings. The van der Waals surface area contributed by atoms with Gasteiger partial charge in [0.25, 0.3) is 19.1 Å². The molecule has 0 saturated heterocycles. The number of nitrogen functional groups attached to an aromatic ring is 1. The number of aromatic nitrogens is 2. The lowest BCUT2D eigenvalue weighted by molar-refractivity contribution is 0.0513. The van der Waals surface area contributed by atoms with Crippen LogP contribution in [0.4, 0.5) is 11.4 Å². The van der Waals surface area contributed by atoms with Crippen molar-refractivity contribution in [1.82, 2.24) is 9.97 Å². The minimum atomic E-state index is -4.04. The van der Waals surface area contributed by atoms with E-state index in [0.29, 0.717) is 41.9 Å². The van der Waals surface area contributed by atoms with Crippen LogP contribution in [0, 0.1) is 0 Å². The maximum Gasteiger partial charge on any atom is 0.342 e. The van der Waals surface area contributed by atoms with E-state index in [1.54, 1.807) is 44.2 Å². The number of esters is 2. The number of nitrogens with two attached hydrogens (primary N) is 1. The van der Waals surface area contributed by atoms with Crippen LogP contribution < -0.4 is 29.4 Å². The zero-order valence-electron chi connectivity index (χ0n) is 34.4. The Morgan fingerprint density at radius 1 is 0.636 bits per heavy atom. The number of sulfonamides is 1.